The van der Waals surface area contributed by atoms with Crippen LogP contribution in [0.2, 0.25) is 0 Å². The van der Waals surface area contributed by atoms with Gasteiger partial charge in [0, 0.05) is 24.5 Å². The van der Waals surface area contributed by atoms with E-state index in [2.05, 4.69) is 20.3 Å². The van der Waals surface area contributed by atoms with E-state index in [1.165, 1.54) is 0 Å². The fraction of sp³-hybridized carbons (Fsp3) is 0.375. The van der Waals surface area contributed by atoms with Gasteiger partial charge in [-0.25, -0.2) is 15.0 Å². The third-order valence-electron chi connectivity index (χ3n) is 3.50. The van der Waals surface area contributed by atoms with Crippen LogP contribution in [0, 0.1) is 13.8 Å². The van der Waals surface area contributed by atoms with Gasteiger partial charge in [0.05, 0.1) is 13.2 Å². The summed E-state index contributed by atoms with van der Waals surface area (Å²) >= 11 is 0. The zero-order chi connectivity index (χ0) is 16.2. The summed E-state index contributed by atoms with van der Waals surface area (Å²) in [6.45, 7) is 6.47. The third-order valence-corrected chi connectivity index (χ3v) is 3.50. The van der Waals surface area contributed by atoms with Gasteiger partial charge in [0.15, 0.2) is 0 Å². The number of aromatic nitrogens is 3. The van der Waals surface area contributed by atoms with Crippen LogP contribution in [0.4, 0.5) is 11.8 Å². The van der Waals surface area contributed by atoms with Gasteiger partial charge in [-0.2, -0.15) is 0 Å². The van der Waals surface area contributed by atoms with Crippen molar-refractivity contribution in [2.45, 2.75) is 13.8 Å². The number of nitrogens with zero attached hydrogens (tertiary/aromatic N) is 4. The van der Waals surface area contributed by atoms with Crippen molar-refractivity contribution in [2.24, 2.45) is 0 Å². The predicted octanol–water partition coefficient (Wildman–Crippen LogP) is 1.58. The molecule has 1 fully saturated rings. The van der Waals surface area contributed by atoms with Gasteiger partial charge in [0.1, 0.15) is 11.5 Å². The molecule has 2 aromatic heterocycles. The van der Waals surface area contributed by atoms with E-state index in [9.17, 15) is 4.79 Å². The van der Waals surface area contributed by atoms with E-state index in [1.54, 1.807) is 12.1 Å². The highest BCUT2D eigenvalue weighted by Crippen LogP contribution is 2.13. The molecule has 1 N–H and O–H groups in total. The lowest BCUT2D eigenvalue weighted by Gasteiger charge is -2.27. The van der Waals surface area contributed by atoms with Gasteiger partial charge >= 0.3 is 0 Å². The summed E-state index contributed by atoms with van der Waals surface area (Å²) in [6, 6.07) is 7.15. The molecule has 1 aliphatic heterocycles. The Bertz CT molecular complexity index is 713. The zero-order valence-electron chi connectivity index (χ0n) is 13.2. The van der Waals surface area contributed by atoms with Crippen LogP contribution >= 0.6 is 0 Å². The van der Waals surface area contributed by atoms with Crippen molar-refractivity contribution in [2.75, 3.05) is 36.5 Å². The topological polar surface area (TPSA) is 80.2 Å². The van der Waals surface area contributed by atoms with Crippen LogP contribution in [0.25, 0.3) is 0 Å². The molecule has 120 valence electrons. The number of hydrogen-bond acceptors (Lipinski definition) is 6. The van der Waals surface area contributed by atoms with Crippen LogP contribution in [0.5, 0.6) is 0 Å². The lowest BCUT2D eigenvalue weighted by molar-refractivity contribution is 0.102. The highest BCUT2D eigenvalue weighted by molar-refractivity contribution is 6.02. The standard InChI is InChI=1S/C16H19N5O2/c1-11-4-3-5-14(17-11)20-15(22)13-10-12(2)18-16(19-13)21-6-8-23-9-7-21/h3-5,10H,6-9H2,1-2H3,(H,17,20,22). The lowest BCUT2D eigenvalue weighted by atomic mass is 10.3. The molecule has 1 saturated heterocycles. The molecular formula is C16H19N5O2. The molecule has 23 heavy (non-hydrogen) atoms. The van der Waals surface area contributed by atoms with Crippen LogP contribution in [0.3, 0.4) is 0 Å². The Labute approximate surface area is 134 Å². The number of morpholine rings is 1. The summed E-state index contributed by atoms with van der Waals surface area (Å²) < 4.78 is 5.33. The van der Waals surface area contributed by atoms with Gasteiger partial charge in [-0.3, -0.25) is 4.79 Å². The molecule has 0 unspecified atom stereocenters. The first kappa shape index (κ1) is 15.4. The average Bonchev–Trinajstić information content (AvgIpc) is 2.55. The molecule has 0 aliphatic carbocycles. The monoisotopic (exact) mass is 313 g/mol. The summed E-state index contributed by atoms with van der Waals surface area (Å²) in [7, 11) is 0. The fourth-order valence-corrected chi connectivity index (χ4v) is 2.37. The number of pyridine rings is 1. The number of aryl methyl sites for hydroxylation is 2. The van der Waals surface area contributed by atoms with E-state index in [1.807, 2.05) is 30.9 Å². The SMILES string of the molecule is Cc1cccc(NC(=O)c2cc(C)nc(N3CCOCC3)n2)n1. The molecule has 1 amide bonds. The molecule has 3 rings (SSSR count). The van der Waals surface area contributed by atoms with E-state index in [0.717, 1.165) is 24.5 Å². The van der Waals surface area contributed by atoms with Crippen molar-refractivity contribution in [3.05, 3.63) is 41.3 Å². The van der Waals surface area contributed by atoms with Crippen molar-refractivity contribution < 1.29 is 9.53 Å². The molecule has 0 radical (unpaired) electrons. The summed E-state index contributed by atoms with van der Waals surface area (Å²) in [5.41, 5.74) is 1.93. The summed E-state index contributed by atoms with van der Waals surface area (Å²) in [4.78, 5) is 27.5. The smallest absolute Gasteiger partial charge is 0.275 e. The molecule has 0 saturated carbocycles. The Morgan fingerprint density at radius 1 is 1.13 bits per heavy atom. The number of amides is 1. The van der Waals surface area contributed by atoms with Crippen LogP contribution in [0.1, 0.15) is 21.9 Å². The molecule has 0 spiro atoms. The van der Waals surface area contributed by atoms with Gasteiger partial charge in [-0.05, 0) is 32.0 Å². The molecule has 3 heterocycles. The summed E-state index contributed by atoms with van der Waals surface area (Å²) in [5.74, 6) is 0.790. The molecule has 0 aromatic carbocycles. The average molecular weight is 313 g/mol. The number of rotatable bonds is 3. The van der Waals surface area contributed by atoms with Crippen LogP contribution in [-0.4, -0.2) is 47.2 Å². The van der Waals surface area contributed by atoms with Gasteiger partial charge in [-0.1, -0.05) is 6.07 Å². The molecule has 0 bridgehead atoms. The molecular weight excluding hydrogens is 294 g/mol. The second-order valence-corrected chi connectivity index (χ2v) is 5.41. The lowest BCUT2D eigenvalue weighted by Crippen LogP contribution is -2.37. The number of carbonyl (C=O) groups excluding carboxylic acids is 1. The first-order valence-electron chi connectivity index (χ1n) is 7.55. The van der Waals surface area contributed by atoms with E-state index < -0.39 is 0 Å². The van der Waals surface area contributed by atoms with Crippen molar-refractivity contribution in [1.29, 1.82) is 0 Å². The van der Waals surface area contributed by atoms with Crippen LogP contribution < -0.4 is 10.2 Å². The maximum atomic E-state index is 12.4. The minimum atomic E-state index is -0.289. The Balaban J connectivity index is 1.81. The predicted molar refractivity (Wildman–Crippen MR) is 86.7 cm³/mol. The molecule has 0 atom stereocenters. The second-order valence-electron chi connectivity index (χ2n) is 5.41. The van der Waals surface area contributed by atoms with Gasteiger partial charge in [0.2, 0.25) is 5.95 Å². The van der Waals surface area contributed by atoms with Gasteiger partial charge in [-0.15, -0.1) is 0 Å². The van der Waals surface area contributed by atoms with Crippen molar-refractivity contribution in [3.8, 4) is 0 Å². The Kier molecular flexibility index (Phi) is 4.47. The number of hydrogen-bond donors (Lipinski definition) is 1. The first-order valence-corrected chi connectivity index (χ1v) is 7.55. The number of carbonyl (C=O) groups is 1. The van der Waals surface area contributed by atoms with E-state index in [0.29, 0.717) is 30.7 Å². The summed E-state index contributed by atoms with van der Waals surface area (Å²) in [6.07, 6.45) is 0. The van der Waals surface area contributed by atoms with E-state index in [-0.39, 0.29) is 5.91 Å². The zero-order valence-corrected chi connectivity index (χ0v) is 13.2. The Morgan fingerprint density at radius 3 is 2.65 bits per heavy atom. The fourth-order valence-electron chi connectivity index (χ4n) is 2.37. The number of nitrogens with one attached hydrogen (secondary N) is 1. The Hall–Kier alpha value is -2.54. The van der Waals surface area contributed by atoms with Crippen molar-refractivity contribution >= 4 is 17.7 Å². The molecule has 7 nitrogen and oxygen atoms in total. The molecule has 7 heteroatoms. The minimum absolute atomic E-state index is 0.289. The minimum Gasteiger partial charge on any atom is -0.378 e. The Morgan fingerprint density at radius 2 is 1.91 bits per heavy atom. The van der Waals surface area contributed by atoms with Crippen molar-refractivity contribution in [1.82, 2.24) is 15.0 Å². The van der Waals surface area contributed by atoms with Crippen LogP contribution in [0.15, 0.2) is 24.3 Å². The number of ether oxygens (including phenoxy) is 1. The normalized spacial score (nSPS) is 14.6. The largest absolute Gasteiger partial charge is 0.378 e. The van der Waals surface area contributed by atoms with Gasteiger partial charge < -0.3 is 15.0 Å². The highest BCUT2D eigenvalue weighted by Gasteiger charge is 2.17. The van der Waals surface area contributed by atoms with Crippen molar-refractivity contribution in [3.63, 3.8) is 0 Å². The quantitative estimate of drug-likeness (QED) is 0.926. The van der Waals surface area contributed by atoms with Crippen LogP contribution in [-0.2, 0) is 4.74 Å². The maximum absolute atomic E-state index is 12.4. The van der Waals surface area contributed by atoms with Gasteiger partial charge in [0.25, 0.3) is 5.91 Å². The van der Waals surface area contributed by atoms with E-state index >= 15 is 0 Å². The molecule has 2 aromatic rings. The first-order chi connectivity index (χ1) is 11.1. The highest BCUT2D eigenvalue weighted by atomic mass is 16.5. The summed E-state index contributed by atoms with van der Waals surface area (Å²) in [5, 5.41) is 2.77. The third kappa shape index (κ3) is 3.81. The molecule has 1 aliphatic rings. The maximum Gasteiger partial charge on any atom is 0.275 e. The van der Waals surface area contributed by atoms with E-state index in [4.69, 9.17) is 4.74 Å². The number of anilines is 2. The second kappa shape index (κ2) is 6.70.